The largest absolute Gasteiger partial charge is 0.480 e. The van der Waals surface area contributed by atoms with E-state index in [1.165, 1.54) is 11.3 Å². The van der Waals surface area contributed by atoms with Crippen molar-refractivity contribution in [1.29, 1.82) is 0 Å². The normalized spacial score (nSPS) is 27.1. The quantitative estimate of drug-likeness (QED) is 0.823. The molecule has 1 aliphatic carbocycles. The lowest BCUT2D eigenvalue weighted by atomic mass is 9.78. The second-order valence-electron chi connectivity index (χ2n) is 5.94. The zero-order valence-corrected chi connectivity index (χ0v) is 12.3. The SMILES string of the molecule is CC1CCCC(NC(=O)N(CC(=O)O)C(C)C)C1C. The summed E-state index contributed by atoms with van der Waals surface area (Å²) < 4.78 is 0. The number of rotatable bonds is 4. The molecule has 3 atom stereocenters. The summed E-state index contributed by atoms with van der Waals surface area (Å²) in [6.45, 7) is 7.77. The topological polar surface area (TPSA) is 69.6 Å². The number of hydrogen-bond acceptors (Lipinski definition) is 2. The van der Waals surface area contributed by atoms with E-state index in [0.29, 0.717) is 11.8 Å². The molecule has 2 N–H and O–H groups in total. The summed E-state index contributed by atoms with van der Waals surface area (Å²) in [5.74, 6) is 0.0662. The zero-order chi connectivity index (χ0) is 14.6. The average Bonchev–Trinajstić information content (AvgIpc) is 2.31. The molecule has 0 aromatic rings. The van der Waals surface area contributed by atoms with E-state index < -0.39 is 5.97 Å². The highest BCUT2D eigenvalue weighted by Gasteiger charge is 2.30. The van der Waals surface area contributed by atoms with Gasteiger partial charge in [0.05, 0.1) is 0 Å². The number of nitrogens with zero attached hydrogens (tertiary/aromatic N) is 1. The van der Waals surface area contributed by atoms with E-state index in [1.807, 2.05) is 13.8 Å². The molecule has 110 valence electrons. The Labute approximate surface area is 115 Å². The van der Waals surface area contributed by atoms with Gasteiger partial charge in [-0.25, -0.2) is 4.79 Å². The van der Waals surface area contributed by atoms with E-state index in [2.05, 4.69) is 19.2 Å². The molecule has 19 heavy (non-hydrogen) atoms. The van der Waals surface area contributed by atoms with Crippen LogP contribution in [0.1, 0.15) is 47.0 Å². The Balaban J connectivity index is 2.62. The summed E-state index contributed by atoms with van der Waals surface area (Å²) in [5, 5.41) is 11.9. The van der Waals surface area contributed by atoms with Crippen molar-refractivity contribution in [3.05, 3.63) is 0 Å². The van der Waals surface area contributed by atoms with Gasteiger partial charge in [-0.3, -0.25) is 4.79 Å². The Morgan fingerprint density at radius 1 is 1.32 bits per heavy atom. The molecule has 0 radical (unpaired) electrons. The fourth-order valence-corrected chi connectivity index (χ4v) is 2.66. The molecule has 0 aliphatic heterocycles. The van der Waals surface area contributed by atoms with E-state index in [4.69, 9.17) is 5.11 Å². The van der Waals surface area contributed by atoms with Crippen molar-refractivity contribution in [2.45, 2.75) is 59.0 Å². The van der Waals surface area contributed by atoms with Crippen LogP contribution in [-0.4, -0.2) is 40.6 Å². The van der Waals surface area contributed by atoms with Crippen LogP contribution < -0.4 is 5.32 Å². The summed E-state index contributed by atoms with van der Waals surface area (Å²) in [4.78, 5) is 24.4. The maximum absolute atomic E-state index is 12.2. The minimum absolute atomic E-state index is 0.118. The van der Waals surface area contributed by atoms with Crippen molar-refractivity contribution in [1.82, 2.24) is 10.2 Å². The third kappa shape index (κ3) is 4.40. The predicted octanol–water partition coefficient (Wildman–Crippen LogP) is 2.32. The first-order chi connectivity index (χ1) is 8.82. The Bertz CT molecular complexity index is 331. The molecule has 0 bridgehead atoms. The maximum atomic E-state index is 12.2. The lowest BCUT2D eigenvalue weighted by Gasteiger charge is -2.36. The molecule has 1 saturated carbocycles. The number of amides is 2. The van der Waals surface area contributed by atoms with Crippen LogP contribution in [0.15, 0.2) is 0 Å². The van der Waals surface area contributed by atoms with Crippen molar-refractivity contribution in [3.8, 4) is 0 Å². The Hall–Kier alpha value is -1.26. The summed E-state index contributed by atoms with van der Waals surface area (Å²) in [6, 6.07) is -0.220. The van der Waals surface area contributed by atoms with Crippen molar-refractivity contribution < 1.29 is 14.7 Å². The van der Waals surface area contributed by atoms with E-state index in [9.17, 15) is 9.59 Å². The van der Waals surface area contributed by atoms with Crippen molar-refractivity contribution in [2.75, 3.05) is 6.54 Å². The second-order valence-corrected chi connectivity index (χ2v) is 5.94. The van der Waals surface area contributed by atoms with Crippen LogP contribution in [0.4, 0.5) is 4.79 Å². The van der Waals surface area contributed by atoms with E-state index in [0.717, 1.165) is 12.8 Å². The van der Waals surface area contributed by atoms with Crippen LogP contribution in [0, 0.1) is 11.8 Å². The minimum Gasteiger partial charge on any atom is -0.480 e. The number of hydrogen-bond donors (Lipinski definition) is 2. The average molecular weight is 270 g/mol. The molecule has 1 aliphatic rings. The second kappa shape index (κ2) is 6.78. The smallest absolute Gasteiger partial charge is 0.323 e. The van der Waals surface area contributed by atoms with Crippen LogP contribution in [0.25, 0.3) is 0 Å². The molecule has 0 aromatic carbocycles. The molecular formula is C14H26N2O3. The lowest BCUT2D eigenvalue weighted by molar-refractivity contribution is -0.138. The predicted molar refractivity (Wildman–Crippen MR) is 74.0 cm³/mol. The standard InChI is InChI=1S/C14H26N2O3/c1-9(2)16(8-13(17)18)14(19)15-12-7-5-6-10(3)11(12)4/h9-12H,5-8H2,1-4H3,(H,15,19)(H,17,18). The first-order valence-corrected chi connectivity index (χ1v) is 7.11. The number of nitrogens with one attached hydrogen (secondary N) is 1. The zero-order valence-electron chi connectivity index (χ0n) is 12.3. The third-order valence-corrected chi connectivity index (χ3v) is 4.21. The maximum Gasteiger partial charge on any atom is 0.323 e. The third-order valence-electron chi connectivity index (χ3n) is 4.21. The van der Waals surface area contributed by atoms with Crippen LogP contribution in [0.3, 0.4) is 0 Å². The lowest BCUT2D eigenvalue weighted by Crippen LogP contribution is -2.52. The highest BCUT2D eigenvalue weighted by molar-refractivity contribution is 5.80. The summed E-state index contributed by atoms with van der Waals surface area (Å²) >= 11 is 0. The molecule has 1 rings (SSSR count). The fraction of sp³-hybridized carbons (Fsp3) is 0.857. The first-order valence-electron chi connectivity index (χ1n) is 7.11. The van der Waals surface area contributed by atoms with Crippen LogP contribution >= 0.6 is 0 Å². The number of carbonyl (C=O) groups excluding carboxylic acids is 1. The molecule has 0 spiro atoms. The van der Waals surface area contributed by atoms with Crippen molar-refractivity contribution >= 4 is 12.0 Å². The van der Waals surface area contributed by atoms with Gasteiger partial charge in [0.1, 0.15) is 6.54 Å². The number of carbonyl (C=O) groups is 2. The van der Waals surface area contributed by atoms with Crippen molar-refractivity contribution in [3.63, 3.8) is 0 Å². The number of urea groups is 1. The monoisotopic (exact) mass is 270 g/mol. The van der Waals surface area contributed by atoms with Gasteiger partial charge in [0.25, 0.3) is 0 Å². The molecule has 2 amide bonds. The summed E-state index contributed by atoms with van der Waals surface area (Å²) in [5.41, 5.74) is 0. The van der Waals surface area contributed by atoms with Crippen LogP contribution in [0.2, 0.25) is 0 Å². The number of aliphatic carboxylic acids is 1. The number of carboxylic acid groups (broad SMARTS) is 1. The van der Waals surface area contributed by atoms with Gasteiger partial charge in [-0.15, -0.1) is 0 Å². The summed E-state index contributed by atoms with van der Waals surface area (Å²) in [7, 11) is 0. The molecule has 0 heterocycles. The van der Waals surface area contributed by atoms with E-state index in [1.54, 1.807) is 0 Å². The van der Waals surface area contributed by atoms with Gasteiger partial charge in [0.15, 0.2) is 0 Å². The highest BCUT2D eigenvalue weighted by Crippen LogP contribution is 2.29. The van der Waals surface area contributed by atoms with E-state index >= 15 is 0 Å². The van der Waals surface area contributed by atoms with Crippen LogP contribution in [-0.2, 0) is 4.79 Å². The first kappa shape index (κ1) is 15.8. The number of carboxylic acids is 1. The van der Waals surface area contributed by atoms with Crippen molar-refractivity contribution in [2.24, 2.45) is 11.8 Å². The molecule has 5 nitrogen and oxygen atoms in total. The minimum atomic E-state index is -0.978. The molecule has 0 aromatic heterocycles. The molecule has 1 fully saturated rings. The highest BCUT2D eigenvalue weighted by atomic mass is 16.4. The Kier molecular flexibility index (Phi) is 5.63. The van der Waals surface area contributed by atoms with E-state index in [-0.39, 0.29) is 24.7 Å². The fourth-order valence-electron chi connectivity index (χ4n) is 2.66. The van der Waals surface area contributed by atoms with Gasteiger partial charge in [-0.05, 0) is 32.1 Å². The molecule has 5 heteroatoms. The Morgan fingerprint density at radius 2 is 1.95 bits per heavy atom. The van der Waals surface area contributed by atoms with Gasteiger partial charge >= 0.3 is 12.0 Å². The molecular weight excluding hydrogens is 244 g/mol. The van der Waals surface area contributed by atoms with Gasteiger partial charge in [0, 0.05) is 12.1 Å². The van der Waals surface area contributed by atoms with Gasteiger partial charge in [-0.2, -0.15) is 0 Å². The van der Waals surface area contributed by atoms with Gasteiger partial charge < -0.3 is 15.3 Å². The van der Waals surface area contributed by atoms with Gasteiger partial charge in [-0.1, -0.05) is 26.7 Å². The van der Waals surface area contributed by atoms with Crippen LogP contribution in [0.5, 0.6) is 0 Å². The molecule has 3 unspecified atom stereocenters. The summed E-state index contributed by atoms with van der Waals surface area (Å²) in [6.07, 6.45) is 3.31. The Morgan fingerprint density at radius 3 is 2.47 bits per heavy atom. The van der Waals surface area contributed by atoms with Gasteiger partial charge in [0.2, 0.25) is 0 Å². The molecule has 0 saturated heterocycles.